The Bertz CT molecular complexity index is 1480. The summed E-state index contributed by atoms with van der Waals surface area (Å²) in [6.45, 7) is 4.88. The zero-order chi connectivity index (χ0) is 28.9. The van der Waals surface area contributed by atoms with Crippen LogP contribution in [0, 0.1) is 5.82 Å². The Hall–Kier alpha value is -3.08. The van der Waals surface area contributed by atoms with Gasteiger partial charge in [0.1, 0.15) is 23.4 Å². The van der Waals surface area contributed by atoms with Gasteiger partial charge in [-0.25, -0.2) is 23.1 Å². The Morgan fingerprint density at radius 3 is 2.51 bits per heavy atom. The molecule has 1 aliphatic rings. The maximum atomic E-state index is 14.9. The lowest BCUT2D eigenvalue weighted by Gasteiger charge is -2.38. The number of fused-ring (bicyclic) bond motifs is 1. The molecule has 3 aromatic rings. The van der Waals surface area contributed by atoms with Gasteiger partial charge in [-0.3, -0.25) is 14.2 Å². The van der Waals surface area contributed by atoms with Crippen molar-refractivity contribution in [2.24, 2.45) is 7.05 Å². The summed E-state index contributed by atoms with van der Waals surface area (Å²) in [6.07, 6.45) is -1.33. The molecule has 1 unspecified atom stereocenters. The maximum absolute atomic E-state index is 14.9. The Kier molecular flexibility index (Phi) is 7.77. The second-order valence-electron chi connectivity index (χ2n) is 10.3. The second-order valence-corrected chi connectivity index (χ2v) is 10.3. The minimum absolute atomic E-state index is 0.0251. The van der Waals surface area contributed by atoms with E-state index in [1.807, 2.05) is 6.92 Å². The van der Waals surface area contributed by atoms with Crippen LogP contribution in [0.25, 0.3) is 11.0 Å². The summed E-state index contributed by atoms with van der Waals surface area (Å²) in [5.41, 5.74) is -1.56. The Morgan fingerprint density at radius 2 is 1.92 bits per heavy atom. The third-order valence-corrected chi connectivity index (χ3v) is 7.26. The number of hydrogen-bond donors (Lipinski definition) is 0. The molecule has 13 heteroatoms. The topological polar surface area (TPSA) is 77.3 Å². The normalized spacial score (nSPS) is 20.6. The van der Waals surface area contributed by atoms with Crippen LogP contribution in [0.4, 0.5) is 13.2 Å². The largest absolute Gasteiger partial charge is 0.390 e. The van der Waals surface area contributed by atoms with Gasteiger partial charge in [-0.2, -0.15) is 0 Å². The van der Waals surface area contributed by atoms with Crippen LogP contribution in [0.15, 0.2) is 35.4 Å². The predicted molar refractivity (Wildman–Crippen MR) is 142 cm³/mol. The molecule has 0 saturated carbocycles. The monoisotopic (exact) mass is 532 g/mol. The van der Waals surface area contributed by atoms with Crippen molar-refractivity contribution in [1.29, 1.82) is 0 Å². The molecule has 6 radical (unpaired) electrons. The number of ether oxygens (including phenoxy) is 1. The van der Waals surface area contributed by atoms with E-state index < -0.39 is 40.2 Å². The van der Waals surface area contributed by atoms with Crippen LogP contribution in [0.2, 0.25) is 0 Å². The van der Waals surface area contributed by atoms with E-state index in [1.54, 1.807) is 17.9 Å². The zero-order valence-corrected chi connectivity index (χ0v) is 22.1. The van der Waals surface area contributed by atoms with E-state index in [1.165, 1.54) is 37.0 Å². The Balaban J connectivity index is 1.86. The second kappa shape index (κ2) is 10.5. The number of pyridine rings is 1. The van der Waals surface area contributed by atoms with Gasteiger partial charge in [0.25, 0.3) is 12.0 Å². The highest BCUT2D eigenvalue weighted by Gasteiger charge is 2.49. The first-order valence-corrected chi connectivity index (χ1v) is 12.4. The van der Waals surface area contributed by atoms with E-state index in [4.69, 9.17) is 28.3 Å². The standard InChI is InChI=1S/C26H26B3F3N4O3/c1-13(16-6-5-7-17(21(16)30)22(31)32)8-20-18-9-19(24(38)35(4)23(18)34-12-33-20)25(39-26(27,28)29)10-14(2)36(11-25)15(3)37/h5-7,9,12-14,22H,8,10-11H2,1-4H3/t13-,14+,25?/m0/s1. The predicted octanol–water partition coefficient (Wildman–Crippen LogP) is 2.72. The molecule has 0 bridgehead atoms. The summed E-state index contributed by atoms with van der Waals surface area (Å²) in [6, 6.07) is 5.14. The van der Waals surface area contributed by atoms with E-state index in [0.717, 1.165) is 6.07 Å². The van der Waals surface area contributed by atoms with Crippen molar-refractivity contribution in [3.8, 4) is 0 Å². The highest BCUT2D eigenvalue weighted by atomic mass is 19.3. The van der Waals surface area contributed by atoms with Crippen LogP contribution in [-0.4, -0.2) is 66.8 Å². The molecular weight excluding hydrogens is 506 g/mol. The van der Waals surface area contributed by atoms with Gasteiger partial charge in [-0.1, -0.05) is 25.1 Å². The van der Waals surface area contributed by atoms with Crippen molar-refractivity contribution in [2.75, 3.05) is 6.54 Å². The van der Waals surface area contributed by atoms with Gasteiger partial charge < -0.3 is 9.64 Å². The number of carbonyl (C=O) groups excluding carboxylic acids is 1. The fourth-order valence-electron chi connectivity index (χ4n) is 5.49. The lowest BCUT2D eigenvalue weighted by molar-refractivity contribution is -0.131. The maximum Gasteiger partial charge on any atom is 0.266 e. The summed E-state index contributed by atoms with van der Waals surface area (Å²) >= 11 is 0. The SMILES string of the molecule is [B]C([B])([B])OC1(c2cc3c(C[C@H](C)c4cccc(C(F)F)c4F)ncnc3n(C)c2=O)C[C@@H](C)N(C(C)=O)C1. The number of nitrogens with zero attached hydrogens (tertiary/aromatic N) is 4. The van der Waals surface area contributed by atoms with Crippen molar-refractivity contribution in [3.05, 3.63) is 69.1 Å². The fraction of sp³-hybridized carbons (Fsp3) is 0.462. The molecule has 1 aliphatic heterocycles. The number of aryl methyl sites for hydroxylation is 1. The molecule has 0 aliphatic carbocycles. The Labute approximate surface area is 228 Å². The van der Waals surface area contributed by atoms with Crippen LogP contribution in [0.5, 0.6) is 0 Å². The number of benzene rings is 1. The van der Waals surface area contributed by atoms with Crippen molar-refractivity contribution < 1.29 is 22.7 Å². The highest BCUT2D eigenvalue weighted by molar-refractivity contribution is 6.58. The van der Waals surface area contributed by atoms with Crippen LogP contribution < -0.4 is 5.56 Å². The van der Waals surface area contributed by atoms with E-state index in [2.05, 4.69) is 9.97 Å². The van der Waals surface area contributed by atoms with Gasteiger partial charge in [0.15, 0.2) is 0 Å². The molecule has 39 heavy (non-hydrogen) atoms. The lowest BCUT2D eigenvalue weighted by atomic mass is 9.52. The van der Waals surface area contributed by atoms with E-state index in [9.17, 15) is 22.8 Å². The first kappa shape index (κ1) is 28.9. The molecule has 4 rings (SSSR count). The van der Waals surface area contributed by atoms with E-state index in [0.29, 0.717) is 16.7 Å². The van der Waals surface area contributed by atoms with Crippen LogP contribution in [0.1, 0.15) is 61.9 Å². The average Bonchev–Trinajstić information content (AvgIpc) is 3.16. The van der Waals surface area contributed by atoms with Crippen molar-refractivity contribution in [1.82, 2.24) is 19.4 Å². The van der Waals surface area contributed by atoms with Gasteiger partial charge in [0.05, 0.1) is 46.9 Å². The molecule has 0 spiro atoms. The molecule has 3 heterocycles. The van der Waals surface area contributed by atoms with Gasteiger partial charge in [-0.15, -0.1) is 0 Å². The number of alkyl halides is 2. The average molecular weight is 532 g/mol. The summed E-state index contributed by atoms with van der Waals surface area (Å²) in [4.78, 5) is 36.1. The third kappa shape index (κ3) is 5.51. The number of amides is 1. The van der Waals surface area contributed by atoms with Crippen molar-refractivity contribution >= 4 is 40.5 Å². The molecule has 0 N–H and O–H groups in total. The van der Waals surface area contributed by atoms with E-state index >= 15 is 0 Å². The van der Waals surface area contributed by atoms with E-state index in [-0.39, 0.29) is 42.5 Å². The van der Waals surface area contributed by atoms with Gasteiger partial charge in [0.2, 0.25) is 5.91 Å². The van der Waals surface area contributed by atoms with Crippen molar-refractivity contribution in [3.63, 3.8) is 0 Å². The van der Waals surface area contributed by atoms with Crippen LogP contribution >= 0.6 is 0 Å². The third-order valence-electron chi connectivity index (χ3n) is 7.26. The summed E-state index contributed by atoms with van der Waals surface area (Å²) in [5.74, 6) is -1.74. The number of likely N-dealkylation sites (tertiary alicyclic amines) is 1. The smallest absolute Gasteiger partial charge is 0.266 e. The summed E-state index contributed by atoms with van der Waals surface area (Å²) in [5, 5.41) is -1.66. The quantitative estimate of drug-likeness (QED) is 0.438. The number of carbonyl (C=O) groups is 1. The number of halogens is 3. The molecule has 1 amide bonds. The summed E-state index contributed by atoms with van der Waals surface area (Å²) < 4.78 is 48.7. The molecular formula is C26H26B3F3N4O3. The lowest BCUT2D eigenvalue weighted by Crippen LogP contribution is -2.49. The van der Waals surface area contributed by atoms with Gasteiger partial charge >= 0.3 is 0 Å². The zero-order valence-electron chi connectivity index (χ0n) is 22.1. The molecule has 2 aromatic heterocycles. The molecule has 7 nitrogen and oxygen atoms in total. The number of hydrogen-bond acceptors (Lipinski definition) is 5. The van der Waals surface area contributed by atoms with Crippen LogP contribution in [-0.2, 0) is 28.6 Å². The minimum Gasteiger partial charge on any atom is -0.390 e. The Morgan fingerprint density at radius 1 is 1.26 bits per heavy atom. The first-order valence-electron chi connectivity index (χ1n) is 12.4. The number of aromatic nitrogens is 3. The van der Waals surface area contributed by atoms with Gasteiger partial charge in [-0.05, 0) is 36.2 Å². The molecule has 1 fully saturated rings. The number of rotatable bonds is 7. The van der Waals surface area contributed by atoms with Crippen molar-refractivity contribution in [2.45, 2.75) is 62.9 Å². The highest BCUT2D eigenvalue weighted by Crippen LogP contribution is 2.41. The van der Waals surface area contributed by atoms with Crippen LogP contribution in [0.3, 0.4) is 0 Å². The molecule has 198 valence electrons. The summed E-state index contributed by atoms with van der Waals surface area (Å²) in [7, 11) is 19.0. The minimum atomic E-state index is -2.95. The molecule has 3 atom stereocenters. The molecule has 1 aromatic carbocycles. The first-order chi connectivity index (χ1) is 18.1. The van der Waals surface area contributed by atoms with Gasteiger partial charge in [0, 0.05) is 31.8 Å². The molecule has 1 saturated heterocycles. The fourth-order valence-corrected chi connectivity index (χ4v) is 5.49.